The molecule has 0 bridgehead atoms. The fourth-order valence-electron chi connectivity index (χ4n) is 3.97. The molecule has 0 saturated heterocycles. The van der Waals surface area contributed by atoms with E-state index in [1.807, 2.05) is 0 Å². The van der Waals surface area contributed by atoms with Crippen LogP contribution in [-0.2, 0) is 6.42 Å². The van der Waals surface area contributed by atoms with Crippen LogP contribution in [0.3, 0.4) is 0 Å². The predicted octanol–water partition coefficient (Wildman–Crippen LogP) is 6.50. The van der Waals surface area contributed by atoms with E-state index in [0.29, 0.717) is 5.41 Å². The van der Waals surface area contributed by atoms with Crippen molar-refractivity contribution in [2.45, 2.75) is 72.6 Å². The maximum atomic E-state index is 2.55. The Balaban J connectivity index is 1.82. The molecule has 4 atom stereocenters. The monoisotopic (exact) mass is 286 g/mol. The molecule has 1 aromatic carbocycles. The van der Waals surface area contributed by atoms with Gasteiger partial charge in [0.25, 0.3) is 0 Å². The largest absolute Gasteiger partial charge is 0.0622 e. The average Bonchev–Trinajstić information content (AvgIpc) is 2.49. The molecule has 1 aliphatic carbocycles. The number of rotatable bonds is 6. The van der Waals surface area contributed by atoms with Crippen LogP contribution in [0.5, 0.6) is 0 Å². The van der Waals surface area contributed by atoms with Gasteiger partial charge in [0.15, 0.2) is 0 Å². The van der Waals surface area contributed by atoms with Gasteiger partial charge >= 0.3 is 0 Å². The second-order valence-corrected chi connectivity index (χ2v) is 7.98. The maximum absolute atomic E-state index is 2.55. The highest BCUT2D eigenvalue weighted by Gasteiger charge is 2.33. The Morgan fingerprint density at radius 1 is 1.10 bits per heavy atom. The minimum absolute atomic E-state index is 0.610. The molecule has 0 aromatic heterocycles. The van der Waals surface area contributed by atoms with E-state index in [1.54, 1.807) is 0 Å². The predicted molar refractivity (Wildman–Crippen MR) is 93.4 cm³/mol. The highest BCUT2D eigenvalue weighted by atomic mass is 14.4. The third-order valence-corrected chi connectivity index (χ3v) is 6.37. The van der Waals surface area contributed by atoms with Crippen molar-refractivity contribution in [1.82, 2.24) is 0 Å². The SMILES string of the molecule is CC(CCC1(C)CCCCC1C)C(C)Cc1ccccc1. The molecular weight excluding hydrogens is 252 g/mol. The third kappa shape index (κ3) is 4.59. The smallest absolute Gasteiger partial charge is 0.0250 e. The number of benzene rings is 1. The van der Waals surface area contributed by atoms with Crippen molar-refractivity contribution in [2.24, 2.45) is 23.2 Å². The lowest BCUT2D eigenvalue weighted by molar-refractivity contribution is 0.104. The van der Waals surface area contributed by atoms with E-state index in [-0.39, 0.29) is 0 Å². The van der Waals surface area contributed by atoms with Crippen LogP contribution in [-0.4, -0.2) is 0 Å². The molecule has 21 heavy (non-hydrogen) atoms. The Morgan fingerprint density at radius 3 is 2.48 bits per heavy atom. The van der Waals surface area contributed by atoms with Gasteiger partial charge in [-0.2, -0.15) is 0 Å². The van der Waals surface area contributed by atoms with Gasteiger partial charge in [-0.05, 0) is 54.4 Å². The van der Waals surface area contributed by atoms with Crippen LogP contribution >= 0.6 is 0 Å². The molecule has 118 valence electrons. The summed E-state index contributed by atoms with van der Waals surface area (Å²) in [5.74, 6) is 2.54. The van der Waals surface area contributed by atoms with Crippen molar-refractivity contribution < 1.29 is 0 Å². The lowest BCUT2D eigenvalue weighted by Crippen LogP contribution is -2.30. The van der Waals surface area contributed by atoms with Gasteiger partial charge in [-0.25, -0.2) is 0 Å². The van der Waals surface area contributed by atoms with E-state index < -0.39 is 0 Å². The Morgan fingerprint density at radius 2 is 1.81 bits per heavy atom. The molecule has 1 aromatic rings. The van der Waals surface area contributed by atoms with Crippen molar-refractivity contribution in [3.05, 3.63) is 35.9 Å². The zero-order chi connectivity index (χ0) is 15.3. The summed E-state index contributed by atoms with van der Waals surface area (Å²) in [5.41, 5.74) is 2.10. The van der Waals surface area contributed by atoms with E-state index in [0.717, 1.165) is 17.8 Å². The van der Waals surface area contributed by atoms with Gasteiger partial charge in [0.1, 0.15) is 0 Å². The molecule has 4 unspecified atom stereocenters. The van der Waals surface area contributed by atoms with Crippen LogP contribution in [0.25, 0.3) is 0 Å². The van der Waals surface area contributed by atoms with Crippen LogP contribution in [0.2, 0.25) is 0 Å². The van der Waals surface area contributed by atoms with E-state index in [2.05, 4.69) is 58.0 Å². The zero-order valence-electron chi connectivity index (χ0n) is 14.6. The first-order valence-corrected chi connectivity index (χ1v) is 9.05. The molecule has 1 aliphatic rings. The van der Waals surface area contributed by atoms with E-state index in [4.69, 9.17) is 0 Å². The third-order valence-electron chi connectivity index (χ3n) is 6.37. The first-order chi connectivity index (χ1) is 10.0. The van der Waals surface area contributed by atoms with Gasteiger partial charge in [0.05, 0.1) is 0 Å². The average molecular weight is 287 g/mol. The Labute approximate surface area is 132 Å². The van der Waals surface area contributed by atoms with Crippen molar-refractivity contribution in [3.63, 3.8) is 0 Å². The first kappa shape index (κ1) is 16.6. The van der Waals surface area contributed by atoms with E-state index >= 15 is 0 Å². The molecule has 1 fully saturated rings. The van der Waals surface area contributed by atoms with Gasteiger partial charge in [-0.1, -0.05) is 77.3 Å². The molecule has 0 spiro atoms. The van der Waals surface area contributed by atoms with Gasteiger partial charge in [-0.15, -0.1) is 0 Å². The standard InChI is InChI=1S/C21H34/c1-17(18(2)16-20-11-6-5-7-12-20)13-15-21(4)14-9-8-10-19(21)3/h5-7,11-12,17-19H,8-10,13-16H2,1-4H3. The summed E-state index contributed by atoms with van der Waals surface area (Å²) < 4.78 is 0. The van der Waals surface area contributed by atoms with Gasteiger partial charge in [0, 0.05) is 0 Å². The molecule has 0 heterocycles. The summed E-state index contributed by atoms with van der Waals surface area (Å²) in [6.07, 6.45) is 9.86. The lowest BCUT2D eigenvalue weighted by atomic mass is 9.65. The zero-order valence-corrected chi connectivity index (χ0v) is 14.6. The molecule has 0 aliphatic heterocycles. The fourth-order valence-corrected chi connectivity index (χ4v) is 3.97. The van der Waals surface area contributed by atoms with Crippen molar-refractivity contribution in [1.29, 1.82) is 0 Å². The number of hydrogen-bond acceptors (Lipinski definition) is 0. The van der Waals surface area contributed by atoms with Gasteiger partial charge in [-0.3, -0.25) is 0 Å². The van der Waals surface area contributed by atoms with Crippen LogP contribution in [0.1, 0.15) is 71.8 Å². The summed E-state index contributed by atoms with van der Waals surface area (Å²) in [6.45, 7) is 9.93. The summed E-state index contributed by atoms with van der Waals surface area (Å²) in [6, 6.07) is 11.0. The highest BCUT2D eigenvalue weighted by molar-refractivity contribution is 5.15. The normalized spacial score (nSPS) is 29.0. The summed E-state index contributed by atoms with van der Waals surface area (Å²) >= 11 is 0. The second-order valence-electron chi connectivity index (χ2n) is 7.98. The summed E-state index contributed by atoms with van der Waals surface area (Å²) in [5, 5.41) is 0. The summed E-state index contributed by atoms with van der Waals surface area (Å²) in [7, 11) is 0. The van der Waals surface area contributed by atoms with E-state index in [1.165, 1.54) is 50.5 Å². The Kier molecular flexibility index (Phi) is 5.90. The van der Waals surface area contributed by atoms with Crippen molar-refractivity contribution in [3.8, 4) is 0 Å². The summed E-state index contributed by atoms with van der Waals surface area (Å²) in [4.78, 5) is 0. The first-order valence-electron chi connectivity index (χ1n) is 9.05. The lowest BCUT2D eigenvalue weighted by Gasteiger charge is -2.41. The Hall–Kier alpha value is -0.780. The van der Waals surface area contributed by atoms with Gasteiger partial charge in [0.2, 0.25) is 0 Å². The molecule has 2 rings (SSSR count). The van der Waals surface area contributed by atoms with Crippen molar-refractivity contribution >= 4 is 0 Å². The second kappa shape index (κ2) is 7.47. The molecule has 0 heteroatoms. The molecule has 0 N–H and O–H groups in total. The van der Waals surface area contributed by atoms with Crippen LogP contribution < -0.4 is 0 Å². The molecule has 0 radical (unpaired) electrons. The van der Waals surface area contributed by atoms with E-state index in [9.17, 15) is 0 Å². The molecule has 1 saturated carbocycles. The number of hydrogen-bond donors (Lipinski definition) is 0. The van der Waals surface area contributed by atoms with Crippen LogP contribution in [0, 0.1) is 23.2 Å². The quantitative estimate of drug-likeness (QED) is 0.560. The van der Waals surface area contributed by atoms with Crippen LogP contribution in [0.15, 0.2) is 30.3 Å². The van der Waals surface area contributed by atoms with Gasteiger partial charge < -0.3 is 0 Å². The van der Waals surface area contributed by atoms with Crippen molar-refractivity contribution in [2.75, 3.05) is 0 Å². The molecular formula is C21H34. The maximum Gasteiger partial charge on any atom is -0.0250 e. The molecule has 0 nitrogen and oxygen atoms in total. The fraction of sp³-hybridized carbons (Fsp3) is 0.714. The minimum Gasteiger partial charge on any atom is -0.0622 e. The topological polar surface area (TPSA) is 0 Å². The highest BCUT2D eigenvalue weighted by Crippen LogP contribution is 2.45. The minimum atomic E-state index is 0.610. The molecule has 0 amide bonds. The van der Waals surface area contributed by atoms with Crippen LogP contribution in [0.4, 0.5) is 0 Å². The Bertz CT molecular complexity index is 407.